The molecule has 0 radical (unpaired) electrons. The van der Waals surface area contributed by atoms with Crippen LogP contribution in [0.1, 0.15) is 153 Å². The van der Waals surface area contributed by atoms with E-state index in [-0.39, 0.29) is 32.5 Å². The van der Waals surface area contributed by atoms with E-state index in [9.17, 15) is 0 Å². The fourth-order valence-corrected chi connectivity index (χ4v) is 22.9. The highest BCUT2D eigenvalue weighted by molar-refractivity contribution is 6.31. The third kappa shape index (κ3) is 11.3. The van der Waals surface area contributed by atoms with Crippen molar-refractivity contribution in [3.05, 3.63) is 407 Å². The Morgan fingerprint density at radius 1 is 0.153 bits per heavy atom. The number of rotatable bonds is 8. The summed E-state index contributed by atoms with van der Waals surface area (Å²) >= 11 is 0. The van der Waals surface area contributed by atoms with E-state index in [1.807, 2.05) is 0 Å². The van der Waals surface area contributed by atoms with E-state index >= 15 is 0 Å². The zero-order valence-corrected chi connectivity index (χ0v) is 73.5. The lowest BCUT2D eigenvalue weighted by Gasteiger charge is -2.24. The largest absolute Gasteiger partial charge is 0.0619 e. The van der Waals surface area contributed by atoms with Gasteiger partial charge in [0.05, 0.1) is 0 Å². The van der Waals surface area contributed by atoms with Gasteiger partial charge in [-0.3, -0.25) is 0 Å². The maximum Gasteiger partial charge on any atom is 0.0159 e. The first kappa shape index (κ1) is 75.4. The molecule has 0 aliphatic heterocycles. The molecule has 124 heavy (non-hydrogen) atoms. The van der Waals surface area contributed by atoms with E-state index in [0.29, 0.717) is 0 Å². The van der Waals surface area contributed by atoms with E-state index in [0.717, 1.165) is 0 Å². The minimum Gasteiger partial charge on any atom is -0.0619 e. The molecule has 596 valence electrons. The first-order valence-corrected chi connectivity index (χ1v) is 44.7. The van der Waals surface area contributed by atoms with Crippen molar-refractivity contribution in [3.8, 4) is 134 Å². The van der Waals surface area contributed by atoms with Crippen molar-refractivity contribution < 1.29 is 0 Å². The highest BCUT2D eigenvalue weighted by Gasteiger charge is 2.40. The van der Waals surface area contributed by atoms with Gasteiger partial charge in [0.15, 0.2) is 0 Å². The molecule has 0 N–H and O–H groups in total. The van der Waals surface area contributed by atoms with Crippen LogP contribution in [0.5, 0.6) is 0 Å². The van der Waals surface area contributed by atoms with Crippen LogP contribution in [0, 0.1) is 0 Å². The van der Waals surface area contributed by atoms with Crippen LogP contribution in [-0.2, 0) is 32.5 Å². The molecule has 20 aromatic rings. The summed E-state index contributed by atoms with van der Waals surface area (Å²) in [6, 6.07) is 135. The van der Waals surface area contributed by atoms with Gasteiger partial charge in [0.25, 0.3) is 0 Å². The SMILES string of the molecule is CC(C)(C)c1cc2ccc3c(-c4cccc(-c5ccc6c(c5)C(C)(C)c5ccccc5-6)c4)cc(-c4ccccc4-c4ccc5c(c4)C(C)(C)c4ccccc4-5)c4ccc(c1)c2c34.CC(C)(C)c1cc2ccc3c(-c4ccccc4-c4ccc5c(c4)C(C)(C)c4ccccc4-5)cc(-c4ccccc4-c4ccc5c(c4)C(C)(C)c4ccccc4-5)c4ccc(c1)c2c34. The molecule has 0 heterocycles. The lowest BCUT2D eigenvalue weighted by Crippen LogP contribution is -2.14. The van der Waals surface area contributed by atoms with Gasteiger partial charge in [-0.25, -0.2) is 0 Å². The zero-order valence-electron chi connectivity index (χ0n) is 73.5. The Morgan fingerprint density at radius 2 is 0.387 bits per heavy atom. The summed E-state index contributed by atoms with van der Waals surface area (Å²) < 4.78 is 0. The molecule has 0 aromatic heterocycles. The minimum atomic E-state index is -0.0811. The van der Waals surface area contributed by atoms with Crippen LogP contribution in [0.25, 0.3) is 198 Å². The lowest BCUT2D eigenvalue weighted by molar-refractivity contribution is 0.591. The Balaban J connectivity index is 0.000000143. The van der Waals surface area contributed by atoms with E-state index in [2.05, 4.69) is 449 Å². The van der Waals surface area contributed by atoms with Gasteiger partial charge in [-0.1, -0.05) is 406 Å². The van der Waals surface area contributed by atoms with Crippen molar-refractivity contribution in [2.24, 2.45) is 0 Å². The molecule has 0 saturated heterocycles. The molecule has 20 aromatic carbocycles. The van der Waals surface area contributed by atoms with Crippen LogP contribution in [0.15, 0.2) is 352 Å². The van der Waals surface area contributed by atoms with Gasteiger partial charge in [-0.05, 0) is 307 Å². The van der Waals surface area contributed by atoms with Crippen LogP contribution >= 0.6 is 0 Å². The van der Waals surface area contributed by atoms with E-state index in [1.54, 1.807) is 0 Å². The maximum atomic E-state index is 2.51. The third-order valence-electron chi connectivity index (χ3n) is 29.6. The average Bonchev–Trinajstić information content (AvgIpc) is 1.16. The first-order chi connectivity index (χ1) is 59.8. The van der Waals surface area contributed by atoms with Crippen molar-refractivity contribution in [3.63, 3.8) is 0 Å². The Morgan fingerprint density at radius 3 is 0.702 bits per heavy atom. The summed E-state index contributed by atoms with van der Waals surface area (Å²) in [5.74, 6) is 0. The van der Waals surface area contributed by atoms with Crippen molar-refractivity contribution in [2.75, 3.05) is 0 Å². The summed E-state index contributed by atoms with van der Waals surface area (Å²) in [6.45, 7) is 32.9. The van der Waals surface area contributed by atoms with Gasteiger partial charge in [0, 0.05) is 21.7 Å². The van der Waals surface area contributed by atoms with E-state index in [1.165, 1.54) is 254 Å². The van der Waals surface area contributed by atoms with Crippen molar-refractivity contribution in [1.29, 1.82) is 0 Å². The normalized spacial score (nSPS) is 14.6. The summed E-state index contributed by atoms with van der Waals surface area (Å²) in [5.41, 5.74) is 44.6. The molecule has 0 fully saturated rings. The standard InChI is InChI=1S/2C62H50/c1-60(2,3)41-32-39-26-30-50-52(44-18-10-8-16-42(44)37-24-28-48-46-20-12-14-22-54(46)61(4,5)56(48)34-37)36-53(51-31-27-40(33-41)58(39)59(50)51)45-19-11-9-17-43(45)38-25-29-49-47-21-13-15-23-55(47)62(6,7)57(49)35-38;1-60(2,3)43-32-41-25-29-50-52(39-16-14-15-37(31-39)38-23-27-48-46-19-10-12-21-54(46)61(4,5)56(48)34-38)36-53(51-30-26-42(33-43)58(41)59(50)51)45-18-9-8-17-44(45)40-24-28-49-47-20-11-13-22-55(47)62(6,7)57(49)35-40/h2*8-36H,1-7H3. The molecule has 0 atom stereocenters. The fourth-order valence-electron chi connectivity index (χ4n) is 22.9. The lowest BCUT2D eigenvalue weighted by atomic mass is 9.79. The van der Waals surface area contributed by atoms with Crippen LogP contribution in [-0.4, -0.2) is 0 Å². The van der Waals surface area contributed by atoms with Crippen LogP contribution < -0.4 is 0 Å². The number of hydrogen-bond acceptors (Lipinski definition) is 0. The highest BCUT2D eigenvalue weighted by Crippen LogP contribution is 2.58. The average molecular weight is 1590 g/mol. The van der Waals surface area contributed by atoms with E-state index < -0.39 is 0 Å². The molecule has 4 aliphatic carbocycles. The number of fused-ring (bicyclic) bond motifs is 12. The van der Waals surface area contributed by atoms with Crippen molar-refractivity contribution in [1.82, 2.24) is 0 Å². The van der Waals surface area contributed by atoms with Crippen LogP contribution in [0.4, 0.5) is 0 Å². The molecule has 0 saturated carbocycles. The predicted molar refractivity (Wildman–Crippen MR) is 531 cm³/mol. The Labute approximate surface area is 730 Å². The monoisotopic (exact) mass is 1590 g/mol. The van der Waals surface area contributed by atoms with Crippen molar-refractivity contribution in [2.45, 2.75) is 129 Å². The zero-order chi connectivity index (χ0) is 84.6. The Hall–Kier alpha value is -13.5. The highest BCUT2D eigenvalue weighted by atomic mass is 14.4. The van der Waals surface area contributed by atoms with Gasteiger partial charge < -0.3 is 0 Å². The predicted octanol–water partition coefficient (Wildman–Crippen LogP) is 34.3. The quantitative estimate of drug-likeness (QED) is 0.133. The molecular formula is C124H100. The molecule has 0 amide bonds. The van der Waals surface area contributed by atoms with E-state index in [4.69, 9.17) is 0 Å². The second-order valence-electron chi connectivity index (χ2n) is 40.2. The van der Waals surface area contributed by atoms with Crippen LogP contribution in [0.3, 0.4) is 0 Å². The van der Waals surface area contributed by atoms with Gasteiger partial charge in [0.1, 0.15) is 0 Å². The van der Waals surface area contributed by atoms with Gasteiger partial charge >= 0.3 is 0 Å². The molecule has 0 bridgehead atoms. The molecule has 0 unspecified atom stereocenters. The third-order valence-corrected chi connectivity index (χ3v) is 29.6. The number of benzene rings is 20. The fraction of sp³-hybridized carbons (Fsp3) is 0.161. The Bertz CT molecular complexity index is 7680. The Kier molecular flexibility index (Phi) is 16.4. The maximum absolute atomic E-state index is 2.51. The van der Waals surface area contributed by atoms with Gasteiger partial charge in [-0.2, -0.15) is 0 Å². The van der Waals surface area contributed by atoms with Gasteiger partial charge in [0.2, 0.25) is 0 Å². The summed E-state index contributed by atoms with van der Waals surface area (Å²) in [7, 11) is 0. The summed E-state index contributed by atoms with van der Waals surface area (Å²) in [6.07, 6.45) is 0. The molecule has 4 aliphatic rings. The topological polar surface area (TPSA) is 0 Å². The molecular weight excluding hydrogens is 1490 g/mol. The second-order valence-corrected chi connectivity index (χ2v) is 40.2. The molecule has 24 rings (SSSR count). The number of hydrogen-bond donors (Lipinski definition) is 0. The first-order valence-electron chi connectivity index (χ1n) is 44.7. The summed E-state index contributed by atoms with van der Waals surface area (Å²) in [4.78, 5) is 0. The van der Waals surface area contributed by atoms with Crippen molar-refractivity contribution >= 4 is 64.6 Å². The molecule has 0 nitrogen and oxygen atoms in total. The second kappa shape index (κ2) is 27.0. The van der Waals surface area contributed by atoms with Crippen LogP contribution in [0.2, 0.25) is 0 Å². The molecule has 0 heteroatoms. The molecule has 0 spiro atoms. The van der Waals surface area contributed by atoms with Gasteiger partial charge in [-0.15, -0.1) is 0 Å². The minimum absolute atomic E-state index is 0.0379. The summed E-state index contributed by atoms with van der Waals surface area (Å²) in [5, 5.41) is 15.8. The smallest absolute Gasteiger partial charge is 0.0159 e.